The molecule has 0 radical (unpaired) electrons. The molecule has 0 spiro atoms. The van der Waals surface area contributed by atoms with Crippen molar-refractivity contribution in [3.63, 3.8) is 0 Å². The van der Waals surface area contributed by atoms with Gasteiger partial charge in [0.1, 0.15) is 29.1 Å². The number of carbonyl (C=O) groups is 1. The van der Waals surface area contributed by atoms with Crippen LogP contribution in [0, 0.1) is 0 Å². The maximum absolute atomic E-state index is 10.9. The van der Waals surface area contributed by atoms with Gasteiger partial charge in [-0.3, -0.25) is 0 Å². The average Bonchev–Trinajstić information content (AvgIpc) is 2.80. The Morgan fingerprint density at radius 3 is 1.81 bits per heavy atom. The zero-order chi connectivity index (χ0) is 21.9. The number of hydrogen-bond donors (Lipinski definition) is 0. The molecule has 0 aliphatic carbocycles. The molecule has 0 N–H and O–H groups in total. The van der Waals surface area contributed by atoms with E-state index in [1.807, 2.05) is 78.9 Å². The van der Waals surface area contributed by atoms with Gasteiger partial charge in [0.25, 0.3) is 0 Å². The van der Waals surface area contributed by atoms with E-state index in [9.17, 15) is 9.90 Å². The molecular weight excluding hydrogens is 419 g/mol. The third kappa shape index (κ3) is 8.55. The van der Waals surface area contributed by atoms with Crippen LogP contribution in [0.4, 0.5) is 0 Å². The number of para-hydroxylation sites is 1. The number of methoxy groups -OCH3 is 1. The van der Waals surface area contributed by atoms with Crippen LogP contribution in [-0.2, 0) is 16.0 Å². The molecule has 0 aliphatic heterocycles. The quantitative estimate of drug-likeness (QED) is 0.302. The van der Waals surface area contributed by atoms with Gasteiger partial charge in [-0.1, -0.05) is 30.3 Å². The number of ether oxygens (including phenoxy) is 4. The van der Waals surface area contributed by atoms with Crippen molar-refractivity contribution in [3.8, 4) is 23.0 Å². The standard InChI is InChI=1S/C25H26O6.Na/c1-28-24(25(26)27)18-19-8-10-20(11-9-19)29-16-5-17-30-21-12-14-23(15-13-21)31-22-6-3-2-4-7-22;/h2-4,6-15,24H,5,16-18H2,1H3,(H,26,27);/q;+1/p-1. The molecule has 3 rings (SSSR count). The Bertz CT molecular complexity index is 929. The van der Waals surface area contributed by atoms with Gasteiger partial charge in [-0.15, -0.1) is 0 Å². The fourth-order valence-electron chi connectivity index (χ4n) is 2.87. The topological polar surface area (TPSA) is 77.0 Å². The molecule has 0 fully saturated rings. The van der Waals surface area contributed by atoms with E-state index < -0.39 is 12.1 Å². The van der Waals surface area contributed by atoms with Crippen molar-refractivity contribution < 1.29 is 58.4 Å². The van der Waals surface area contributed by atoms with Crippen LogP contribution in [0.3, 0.4) is 0 Å². The molecule has 1 unspecified atom stereocenters. The number of carboxylic acid groups (broad SMARTS) is 1. The number of rotatable bonds is 12. The molecule has 0 aromatic heterocycles. The van der Waals surface area contributed by atoms with Crippen LogP contribution in [-0.4, -0.2) is 32.4 Å². The monoisotopic (exact) mass is 444 g/mol. The van der Waals surface area contributed by atoms with Gasteiger partial charge in [0.05, 0.1) is 19.2 Å². The zero-order valence-corrected chi connectivity index (χ0v) is 20.4. The molecule has 32 heavy (non-hydrogen) atoms. The molecule has 6 nitrogen and oxygen atoms in total. The van der Waals surface area contributed by atoms with Crippen LogP contribution < -0.4 is 48.9 Å². The maximum atomic E-state index is 10.9. The van der Waals surface area contributed by atoms with Crippen LogP contribution >= 0.6 is 0 Å². The first-order valence-electron chi connectivity index (χ1n) is 10.0. The number of aliphatic carboxylic acids is 1. The summed E-state index contributed by atoms with van der Waals surface area (Å²) in [5.41, 5.74) is 0.839. The van der Waals surface area contributed by atoms with Crippen molar-refractivity contribution >= 4 is 5.97 Å². The fraction of sp³-hybridized carbons (Fsp3) is 0.240. The van der Waals surface area contributed by atoms with Crippen LogP contribution in [0.5, 0.6) is 23.0 Å². The third-order valence-corrected chi connectivity index (χ3v) is 4.52. The predicted molar refractivity (Wildman–Crippen MR) is 115 cm³/mol. The van der Waals surface area contributed by atoms with Gasteiger partial charge < -0.3 is 28.8 Å². The van der Waals surface area contributed by atoms with Crippen LogP contribution in [0.1, 0.15) is 12.0 Å². The van der Waals surface area contributed by atoms with Crippen molar-refractivity contribution in [1.29, 1.82) is 0 Å². The summed E-state index contributed by atoms with van der Waals surface area (Å²) in [5.74, 6) is 1.81. The molecule has 3 aromatic carbocycles. The second-order valence-corrected chi connectivity index (χ2v) is 6.83. The maximum Gasteiger partial charge on any atom is 1.00 e. The Morgan fingerprint density at radius 2 is 1.28 bits per heavy atom. The van der Waals surface area contributed by atoms with E-state index in [4.69, 9.17) is 18.9 Å². The van der Waals surface area contributed by atoms with Gasteiger partial charge >= 0.3 is 29.6 Å². The van der Waals surface area contributed by atoms with Gasteiger partial charge in [0, 0.05) is 20.0 Å². The summed E-state index contributed by atoms with van der Waals surface area (Å²) in [7, 11) is 1.35. The van der Waals surface area contributed by atoms with E-state index in [0.29, 0.717) is 19.0 Å². The van der Waals surface area contributed by atoms with Crippen LogP contribution in [0.15, 0.2) is 78.9 Å². The second-order valence-electron chi connectivity index (χ2n) is 6.83. The normalized spacial score (nSPS) is 11.2. The van der Waals surface area contributed by atoms with E-state index in [1.165, 1.54) is 7.11 Å². The minimum atomic E-state index is -1.22. The SMILES string of the molecule is COC(Cc1ccc(OCCCOc2ccc(Oc3ccccc3)cc2)cc1)C(=O)[O-].[Na+]. The Morgan fingerprint density at radius 1 is 0.781 bits per heavy atom. The summed E-state index contributed by atoms with van der Waals surface area (Å²) in [6, 6.07) is 24.4. The summed E-state index contributed by atoms with van der Waals surface area (Å²) in [5, 5.41) is 10.9. The van der Waals surface area contributed by atoms with Crippen molar-refractivity contribution in [2.45, 2.75) is 18.9 Å². The summed E-state index contributed by atoms with van der Waals surface area (Å²) in [6.45, 7) is 1.03. The van der Waals surface area contributed by atoms with Gasteiger partial charge in [0.2, 0.25) is 0 Å². The Hall–Kier alpha value is -2.51. The summed E-state index contributed by atoms with van der Waals surface area (Å²) in [6.07, 6.45) is 0.0191. The fourth-order valence-corrected chi connectivity index (χ4v) is 2.87. The van der Waals surface area contributed by atoms with E-state index in [-0.39, 0.29) is 36.0 Å². The number of hydrogen-bond acceptors (Lipinski definition) is 6. The molecule has 0 saturated heterocycles. The van der Waals surface area contributed by atoms with Gasteiger partial charge in [-0.25, -0.2) is 0 Å². The van der Waals surface area contributed by atoms with Crippen LogP contribution in [0.25, 0.3) is 0 Å². The Labute approximate surface area is 210 Å². The van der Waals surface area contributed by atoms with E-state index in [0.717, 1.165) is 29.2 Å². The second kappa shape index (κ2) is 13.8. The molecule has 1 atom stereocenters. The smallest absolute Gasteiger partial charge is 0.547 e. The largest absolute Gasteiger partial charge is 1.00 e. The van der Waals surface area contributed by atoms with E-state index in [1.54, 1.807) is 0 Å². The number of carboxylic acids is 1. The van der Waals surface area contributed by atoms with Crippen molar-refractivity contribution in [2.75, 3.05) is 20.3 Å². The summed E-state index contributed by atoms with van der Waals surface area (Å²) >= 11 is 0. The van der Waals surface area contributed by atoms with E-state index >= 15 is 0 Å². The van der Waals surface area contributed by atoms with Gasteiger partial charge in [-0.05, 0) is 54.1 Å². The number of carbonyl (C=O) groups excluding carboxylic acids is 1. The van der Waals surface area contributed by atoms with Crippen molar-refractivity contribution in [2.24, 2.45) is 0 Å². The number of benzene rings is 3. The molecule has 0 heterocycles. The van der Waals surface area contributed by atoms with Gasteiger partial charge in [-0.2, -0.15) is 0 Å². The minimum Gasteiger partial charge on any atom is -0.547 e. The molecule has 162 valence electrons. The summed E-state index contributed by atoms with van der Waals surface area (Å²) in [4.78, 5) is 10.9. The molecule has 0 amide bonds. The minimum absolute atomic E-state index is 0. The zero-order valence-electron chi connectivity index (χ0n) is 18.4. The molecular formula is C25H25NaO6. The Kier molecular flexibility index (Phi) is 11.1. The third-order valence-electron chi connectivity index (χ3n) is 4.52. The molecule has 0 bridgehead atoms. The van der Waals surface area contributed by atoms with Gasteiger partial charge in [0.15, 0.2) is 0 Å². The molecule has 0 saturated carbocycles. The molecule has 7 heteroatoms. The van der Waals surface area contributed by atoms with Crippen LogP contribution in [0.2, 0.25) is 0 Å². The first-order chi connectivity index (χ1) is 15.1. The predicted octanol–water partition coefficient (Wildman–Crippen LogP) is 0.638. The van der Waals surface area contributed by atoms with Crippen molar-refractivity contribution in [1.82, 2.24) is 0 Å². The molecule has 0 aliphatic rings. The molecule has 3 aromatic rings. The van der Waals surface area contributed by atoms with Crippen molar-refractivity contribution in [3.05, 3.63) is 84.4 Å². The van der Waals surface area contributed by atoms with E-state index in [2.05, 4.69) is 0 Å². The first-order valence-corrected chi connectivity index (χ1v) is 10.0. The first kappa shape index (κ1) is 25.7. The Balaban J connectivity index is 0.00000363. The average molecular weight is 444 g/mol. The summed E-state index contributed by atoms with van der Waals surface area (Å²) < 4.78 is 22.1.